The minimum Gasteiger partial charge on any atom is -0.490 e. The first kappa shape index (κ1) is 18.4. The molecule has 0 amide bonds. The van der Waals surface area contributed by atoms with Gasteiger partial charge in [-0.15, -0.1) is 0 Å². The molecule has 0 atom stereocenters. The van der Waals surface area contributed by atoms with Crippen LogP contribution in [-0.4, -0.2) is 23.1 Å². The highest BCUT2D eigenvalue weighted by Gasteiger charge is 2.13. The number of nitrogens with one attached hydrogen (secondary N) is 1. The first-order valence-electron chi connectivity index (χ1n) is 7.46. The summed E-state index contributed by atoms with van der Waals surface area (Å²) in [4.78, 5) is 14.2. The van der Waals surface area contributed by atoms with Gasteiger partial charge in [-0.05, 0) is 37.1 Å². The monoisotopic (exact) mass is 353 g/mol. The molecule has 0 saturated carbocycles. The van der Waals surface area contributed by atoms with E-state index in [0.29, 0.717) is 24.5 Å². The van der Waals surface area contributed by atoms with E-state index < -0.39 is 11.5 Å². The Labute approximate surface area is 142 Å². The molecule has 0 radical (unpaired) electrons. The highest BCUT2D eigenvalue weighted by molar-refractivity contribution is 5.49. The van der Waals surface area contributed by atoms with Crippen molar-refractivity contribution < 1.29 is 23.2 Å². The van der Waals surface area contributed by atoms with E-state index in [-0.39, 0.29) is 17.2 Å². The number of ether oxygens (including phenoxy) is 2. The number of aromatic nitrogens is 1. The van der Waals surface area contributed by atoms with Gasteiger partial charge in [-0.1, -0.05) is 6.07 Å². The molecular weight excluding hydrogens is 336 g/mol. The van der Waals surface area contributed by atoms with Crippen LogP contribution in [-0.2, 0) is 6.54 Å². The summed E-state index contributed by atoms with van der Waals surface area (Å²) in [5.74, 6) is 0.678. The van der Waals surface area contributed by atoms with E-state index >= 15 is 0 Å². The normalized spacial score (nSPS) is 10.6. The molecular formula is C16H17F2N3O4. The maximum absolute atomic E-state index is 12.4. The number of benzene rings is 1. The molecule has 1 aromatic heterocycles. The Bertz CT molecular complexity index is 756. The van der Waals surface area contributed by atoms with Crippen molar-refractivity contribution in [3.05, 3.63) is 51.7 Å². The van der Waals surface area contributed by atoms with Gasteiger partial charge in [0.2, 0.25) is 0 Å². The molecule has 0 spiro atoms. The van der Waals surface area contributed by atoms with Crippen LogP contribution in [0.15, 0.2) is 30.5 Å². The van der Waals surface area contributed by atoms with E-state index in [1.54, 1.807) is 26.0 Å². The average molecular weight is 353 g/mol. The second kappa shape index (κ2) is 8.22. The smallest absolute Gasteiger partial charge is 0.387 e. The highest BCUT2D eigenvalue weighted by Crippen LogP contribution is 2.30. The number of hydrogen-bond acceptors (Lipinski definition) is 6. The molecule has 1 heterocycles. The van der Waals surface area contributed by atoms with E-state index in [0.717, 1.165) is 5.56 Å². The summed E-state index contributed by atoms with van der Waals surface area (Å²) in [5, 5.41) is 13.8. The van der Waals surface area contributed by atoms with Crippen molar-refractivity contribution >= 4 is 11.5 Å². The number of rotatable bonds is 8. The van der Waals surface area contributed by atoms with Gasteiger partial charge >= 0.3 is 6.61 Å². The Kier molecular flexibility index (Phi) is 6.04. The average Bonchev–Trinajstić information content (AvgIpc) is 2.55. The Morgan fingerprint density at radius 2 is 2.08 bits per heavy atom. The zero-order valence-electron chi connectivity index (χ0n) is 13.7. The molecule has 0 aliphatic carbocycles. The van der Waals surface area contributed by atoms with Crippen LogP contribution >= 0.6 is 0 Å². The fourth-order valence-electron chi connectivity index (χ4n) is 2.15. The second-order valence-electron chi connectivity index (χ2n) is 5.06. The van der Waals surface area contributed by atoms with E-state index in [1.165, 1.54) is 18.3 Å². The molecule has 25 heavy (non-hydrogen) atoms. The molecule has 0 unspecified atom stereocenters. The number of aryl methyl sites for hydroxylation is 1. The summed E-state index contributed by atoms with van der Waals surface area (Å²) >= 11 is 0. The topological polar surface area (TPSA) is 86.5 Å². The molecule has 0 fully saturated rings. The van der Waals surface area contributed by atoms with Crippen LogP contribution in [0.25, 0.3) is 0 Å². The molecule has 2 aromatic rings. The summed E-state index contributed by atoms with van der Waals surface area (Å²) in [6.07, 6.45) is 1.17. The lowest BCUT2D eigenvalue weighted by atomic mass is 10.2. The Balaban J connectivity index is 2.12. The fourth-order valence-corrected chi connectivity index (χ4v) is 2.15. The molecule has 7 nitrogen and oxygen atoms in total. The Morgan fingerprint density at radius 1 is 1.32 bits per heavy atom. The van der Waals surface area contributed by atoms with Crippen molar-refractivity contribution in [1.29, 1.82) is 0 Å². The molecule has 0 saturated heterocycles. The lowest BCUT2D eigenvalue weighted by molar-refractivity contribution is -0.385. The SMILES string of the molecule is CCOc1cc(CNc2ncc([N+](=O)[O-])cc2C)ccc1OC(F)F. The van der Waals surface area contributed by atoms with Crippen LogP contribution in [0, 0.1) is 17.0 Å². The minimum atomic E-state index is -2.94. The second-order valence-corrected chi connectivity index (χ2v) is 5.06. The summed E-state index contributed by atoms with van der Waals surface area (Å²) in [6.45, 7) is 1.14. The summed E-state index contributed by atoms with van der Waals surface area (Å²) < 4.78 is 34.5. The number of pyridine rings is 1. The predicted molar refractivity (Wildman–Crippen MR) is 87.2 cm³/mol. The lowest BCUT2D eigenvalue weighted by Crippen LogP contribution is -2.07. The van der Waals surface area contributed by atoms with Crippen molar-refractivity contribution in [3.63, 3.8) is 0 Å². The Morgan fingerprint density at radius 3 is 2.68 bits per heavy atom. The molecule has 0 bridgehead atoms. The molecule has 1 aromatic carbocycles. The van der Waals surface area contributed by atoms with E-state index in [4.69, 9.17) is 4.74 Å². The fraction of sp³-hybridized carbons (Fsp3) is 0.312. The molecule has 0 aliphatic heterocycles. The lowest BCUT2D eigenvalue weighted by Gasteiger charge is -2.13. The van der Waals surface area contributed by atoms with Crippen LogP contribution in [0.3, 0.4) is 0 Å². The third-order valence-electron chi connectivity index (χ3n) is 3.26. The third kappa shape index (κ3) is 5.00. The number of alkyl halides is 2. The van der Waals surface area contributed by atoms with Crippen molar-refractivity contribution in [1.82, 2.24) is 4.98 Å². The number of nitrogens with zero attached hydrogens (tertiary/aromatic N) is 2. The first-order valence-corrected chi connectivity index (χ1v) is 7.46. The molecule has 134 valence electrons. The van der Waals surface area contributed by atoms with Crippen molar-refractivity contribution in [3.8, 4) is 11.5 Å². The number of hydrogen-bond donors (Lipinski definition) is 1. The summed E-state index contributed by atoms with van der Waals surface area (Å²) in [6, 6.07) is 6.04. The van der Waals surface area contributed by atoms with Gasteiger partial charge in [-0.25, -0.2) is 4.98 Å². The number of anilines is 1. The van der Waals surface area contributed by atoms with Crippen molar-refractivity contribution in [2.75, 3.05) is 11.9 Å². The molecule has 1 N–H and O–H groups in total. The van der Waals surface area contributed by atoms with Crippen molar-refractivity contribution in [2.24, 2.45) is 0 Å². The van der Waals surface area contributed by atoms with Crippen LogP contribution in [0.1, 0.15) is 18.1 Å². The standard InChI is InChI=1S/C16H17F2N3O4/c1-3-24-14-7-11(4-5-13(14)25-16(17)18)8-19-15-10(2)6-12(9-20-15)21(22)23/h4-7,9,16H,3,8H2,1-2H3,(H,19,20). The molecule has 0 aliphatic rings. The van der Waals surface area contributed by atoms with Crippen molar-refractivity contribution in [2.45, 2.75) is 27.0 Å². The molecule has 9 heteroatoms. The molecule has 2 rings (SSSR count). The third-order valence-corrected chi connectivity index (χ3v) is 3.26. The quantitative estimate of drug-likeness (QED) is 0.572. The van der Waals surface area contributed by atoms with Gasteiger partial charge in [0.1, 0.15) is 12.0 Å². The largest absolute Gasteiger partial charge is 0.490 e. The van der Waals surface area contributed by atoms with Gasteiger partial charge in [-0.3, -0.25) is 10.1 Å². The first-order chi connectivity index (χ1) is 11.9. The maximum atomic E-state index is 12.4. The van der Waals surface area contributed by atoms with Gasteiger partial charge in [0.25, 0.3) is 5.69 Å². The summed E-state index contributed by atoms with van der Waals surface area (Å²) in [7, 11) is 0. The van der Waals surface area contributed by atoms with Gasteiger partial charge in [-0.2, -0.15) is 8.78 Å². The predicted octanol–water partition coefficient (Wildman–Crippen LogP) is 3.91. The maximum Gasteiger partial charge on any atom is 0.387 e. The van der Waals surface area contributed by atoms with Crippen LogP contribution < -0.4 is 14.8 Å². The number of nitro groups is 1. The minimum absolute atomic E-state index is 0.0368. The van der Waals surface area contributed by atoms with E-state index in [2.05, 4.69) is 15.0 Å². The number of halogens is 2. The zero-order valence-corrected chi connectivity index (χ0v) is 13.7. The van der Waals surface area contributed by atoms with Gasteiger partial charge in [0, 0.05) is 12.6 Å². The van der Waals surface area contributed by atoms with E-state index in [9.17, 15) is 18.9 Å². The van der Waals surface area contributed by atoms with Gasteiger partial charge in [0.05, 0.1) is 11.5 Å². The summed E-state index contributed by atoms with van der Waals surface area (Å²) in [5.41, 5.74) is 1.29. The highest BCUT2D eigenvalue weighted by atomic mass is 19.3. The van der Waals surface area contributed by atoms with Crippen LogP contribution in [0.2, 0.25) is 0 Å². The zero-order chi connectivity index (χ0) is 18.4. The van der Waals surface area contributed by atoms with E-state index in [1.807, 2.05) is 0 Å². The van der Waals surface area contributed by atoms with Crippen LogP contribution in [0.4, 0.5) is 20.3 Å². The van der Waals surface area contributed by atoms with Gasteiger partial charge < -0.3 is 14.8 Å². The Hall–Kier alpha value is -2.97. The van der Waals surface area contributed by atoms with Gasteiger partial charge in [0.15, 0.2) is 11.5 Å². The van der Waals surface area contributed by atoms with Crippen LogP contribution in [0.5, 0.6) is 11.5 Å².